The van der Waals surface area contributed by atoms with Crippen LogP contribution < -0.4 is 0 Å². The summed E-state index contributed by atoms with van der Waals surface area (Å²) in [5, 5.41) is 0. The van der Waals surface area contributed by atoms with E-state index in [9.17, 15) is 4.79 Å². The number of carbonyl (C=O) groups is 1. The first-order valence-electron chi connectivity index (χ1n) is 7.03. The van der Waals surface area contributed by atoms with Gasteiger partial charge in [0.1, 0.15) is 0 Å². The fourth-order valence-corrected chi connectivity index (χ4v) is 3.50. The summed E-state index contributed by atoms with van der Waals surface area (Å²) in [5.74, 6) is 1.52. The smallest absolute Gasteiger partial charge is 0.163 e. The quantitative estimate of drug-likeness (QED) is 0.756. The zero-order valence-electron chi connectivity index (χ0n) is 11.3. The van der Waals surface area contributed by atoms with Gasteiger partial charge in [0.2, 0.25) is 0 Å². The molecular weight excluding hydrogens is 222 g/mol. The monoisotopic (exact) mass is 243 g/mol. The van der Waals surface area contributed by atoms with Gasteiger partial charge in [0.15, 0.2) is 5.78 Å². The predicted octanol–water partition coefficient (Wildman–Crippen LogP) is 2.87. The van der Waals surface area contributed by atoms with E-state index in [0.717, 1.165) is 31.5 Å². The first kappa shape index (κ1) is 11.9. The van der Waals surface area contributed by atoms with Crippen LogP contribution >= 0.6 is 0 Å². The second-order valence-corrected chi connectivity index (χ2v) is 5.82. The molecule has 0 spiro atoms. The van der Waals surface area contributed by atoms with Crippen molar-refractivity contribution in [1.82, 2.24) is 4.90 Å². The topological polar surface area (TPSA) is 20.3 Å². The lowest BCUT2D eigenvalue weighted by Crippen LogP contribution is -2.40. The van der Waals surface area contributed by atoms with Crippen molar-refractivity contribution in [2.75, 3.05) is 20.1 Å². The Morgan fingerprint density at radius 1 is 1.39 bits per heavy atom. The van der Waals surface area contributed by atoms with E-state index in [-0.39, 0.29) is 0 Å². The molecule has 1 fully saturated rings. The first-order valence-corrected chi connectivity index (χ1v) is 7.03. The average Bonchev–Trinajstić information content (AvgIpc) is 2.39. The number of likely N-dealkylation sites (tertiary alicyclic amines) is 1. The fraction of sp³-hybridized carbons (Fsp3) is 0.562. The Kier molecular flexibility index (Phi) is 2.98. The van der Waals surface area contributed by atoms with E-state index in [0.29, 0.717) is 17.6 Å². The maximum absolute atomic E-state index is 12.3. The van der Waals surface area contributed by atoms with Crippen molar-refractivity contribution in [2.24, 2.45) is 5.92 Å². The fourth-order valence-electron chi connectivity index (χ4n) is 3.50. The molecule has 0 aromatic heterocycles. The molecule has 2 nitrogen and oxygen atoms in total. The lowest BCUT2D eigenvalue weighted by molar-refractivity contribution is 0.0887. The molecule has 0 unspecified atom stereocenters. The van der Waals surface area contributed by atoms with E-state index in [2.05, 4.69) is 37.1 Å². The first-order chi connectivity index (χ1) is 8.69. The molecular formula is C16H21NO. The molecule has 2 atom stereocenters. The third kappa shape index (κ3) is 1.89. The van der Waals surface area contributed by atoms with E-state index in [1.807, 2.05) is 0 Å². The van der Waals surface area contributed by atoms with Crippen LogP contribution in [0, 0.1) is 5.92 Å². The number of rotatable bonds is 1. The Hall–Kier alpha value is -1.15. The summed E-state index contributed by atoms with van der Waals surface area (Å²) in [7, 11) is 2.19. The van der Waals surface area contributed by atoms with Gasteiger partial charge in [-0.05, 0) is 49.5 Å². The van der Waals surface area contributed by atoms with Gasteiger partial charge in [-0.2, -0.15) is 0 Å². The normalized spacial score (nSPS) is 27.8. The number of likely N-dealkylation sites (N-methyl/N-ethyl adjacent to an activating group) is 1. The molecule has 1 heterocycles. The van der Waals surface area contributed by atoms with Crippen LogP contribution in [0.3, 0.4) is 0 Å². The van der Waals surface area contributed by atoms with Gasteiger partial charge in [0.05, 0.1) is 0 Å². The van der Waals surface area contributed by atoms with Gasteiger partial charge in [0, 0.05) is 24.4 Å². The minimum atomic E-state index is 0.367. The largest absolute Gasteiger partial charge is 0.306 e. The number of nitrogens with zero attached hydrogens (tertiary/aromatic N) is 1. The van der Waals surface area contributed by atoms with Gasteiger partial charge in [-0.3, -0.25) is 4.79 Å². The van der Waals surface area contributed by atoms with Gasteiger partial charge in [-0.15, -0.1) is 0 Å². The van der Waals surface area contributed by atoms with Crippen LogP contribution in [0.2, 0.25) is 0 Å². The highest BCUT2D eigenvalue weighted by Gasteiger charge is 2.36. The second-order valence-electron chi connectivity index (χ2n) is 5.82. The Balaban J connectivity index is 2.02. The van der Waals surface area contributed by atoms with E-state index >= 15 is 0 Å². The third-order valence-corrected chi connectivity index (χ3v) is 4.63. The maximum Gasteiger partial charge on any atom is 0.163 e. The molecule has 1 saturated heterocycles. The SMILES string of the molecule is CCc1ccc2c(c1)C(=O)C[C@@H]1CCN(C)C[C@@H]21. The van der Waals surface area contributed by atoms with Crippen LogP contribution in [0.25, 0.3) is 0 Å². The highest BCUT2D eigenvalue weighted by molar-refractivity contribution is 5.99. The number of ketones is 1. The van der Waals surface area contributed by atoms with Crippen LogP contribution in [0.15, 0.2) is 18.2 Å². The molecule has 1 aromatic rings. The summed E-state index contributed by atoms with van der Waals surface area (Å²) in [5.41, 5.74) is 3.59. The van der Waals surface area contributed by atoms with Crippen molar-refractivity contribution in [3.05, 3.63) is 34.9 Å². The lowest BCUT2D eigenvalue weighted by Gasteiger charge is -2.40. The number of piperidine rings is 1. The van der Waals surface area contributed by atoms with Gasteiger partial charge in [-0.1, -0.05) is 19.1 Å². The molecule has 2 aliphatic rings. The number of carbonyl (C=O) groups excluding carboxylic acids is 1. The Labute approximate surface area is 109 Å². The molecule has 1 aliphatic heterocycles. The number of Topliss-reactive ketones (excluding diaryl/α,β-unsaturated/α-hetero) is 1. The standard InChI is InChI=1S/C16H21NO/c1-3-11-4-5-13-14(8-11)16(18)9-12-6-7-17(2)10-15(12)13/h4-5,8,12,15H,3,6-7,9-10H2,1-2H3/t12-,15+/m0/s1. The lowest BCUT2D eigenvalue weighted by atomic mass is 9.71. The van der Waals surface area contributed by atoms with Crippen LogP contribution in [0.5, 0.6) is 0 Å². The molecule has 0 N–H and O–H groups in total. The average molecular weight is 243 g/mol. The number of benzene rings is 1. The molecule has 3 rings (SSSR count). The van der Waals surface area contributed by atoms with Crippen molar-refractivity contribution >= 4 is 5.78 Å². The molecule has 0 saturated carbocycles. The van der Waals surface area contributed by atoms with Crippen LogP contribution in [0.4, 0.5) is 0 Å². The van der Waals surface area contributed by atoms with Gasteiger partial charge in [0.25, 0.3) is 0 Å². The molecule has 1 aromatic carbocycles. The summed E-state index contributed by atoms with van der Waals surface area (Å²) < 4.78 is 0. The number of aryl methyl sites for hydroxylation is 1. The Morgan fingerprint density at radius 3 is 3.00 bits per heavy atom. The van der Waals surface area contributed by atoms with E-state index < -0.39 is 0 Å². The van der Waals surface area contributed by atoms with Crippen molar-refractivity contribution in [2.45, 2.75) is 32.1 Å². The minimum Gasteiger partial charge on any atom is -0.306 e. The van der Waals surface area contributed by atoms with E-state index in [4.69, 9.17) is 0 Å². The molecule has 0 amide bonds. The van der Waals surface area contributed by atoms with Gasteiger partial charge < -0.3 is 4.90 Å². The Bertz CT molecular complexity index is 480. The summed E-state index contributed by atoms with van der Waals surface area (Å²) in [6.07, 6.45) is 2.94. The second kappa shape index (κ2) is 4.51. The number of hydrogen-bond acceptors (Lipinski definition) is 2. The zero-order valence-corrected chi connectivity index (χ0v) is 11.3. The van der Waals surface area contributed by atoms with Gasteiger partial charge >= 0.3 is 0 Å². The number of fused-ring (bicyclic) bond motifs is 3. The molecule has 0 radical (unpaired) electrons. The minimum absolute atomic E-state index is 0.367. The highest BCUT2D eigenvalue weighted by atomic mass is 16.1. The molecule has 96 valence electrons. The molecule has 1 aliphatic carbocycles. The van der Waals surface area contributed by atoms with Crippen LogP contribution in [-0.2, 0) is 6.42 Å². The molecule has 0 bridgehead atoms. The highest BCUT2D eigenvalue weighted by Crippen LogP contribution is 2.41. The van der Waals surface area contributed by atoms with Gasteiger partial charge in [-0.25, -0.2) is 0 Å². The molecule has 18 heavy (non-hydrogen) atoms. The van der Waals surface area contributed by atoms with Crippen molar-refractivity contribution in [3.63, 3.8) is 0 Å². The summed E-state index contributed by atoms with van der Waals surface area (Å²) in [6.45, 7) is 4.39. The maximum atomic E-state index is 12.3. The summed E-state index contributed by atoms with van der Waals surface area (Å²) in [4.78, 5) is 14.7. The summed E-state index contributed by atoms with van der Waals surface area (Å²) in [6, 6.07) is 6.54. The van der Waals surface area contributed by atoms with Crippen LogP contribution in [-0.4, -0.2) is 30.8 Å². The number of hydrogen-bond donors (Lipinski definition) is 0. The van der Waals surface area contributed by atoms with E-state index in [1.165, 1.54) is 17.5 Å². The third-order valence-electron chi connectivity index (χ3n) is 4.63. The van der Waals surface area contributed by atoms with Crippen molar-refractivity contribution < 1.29 is 4.79 Å². The summed E-state index contributed by atoms with van der Waals surface area (Å²) >= 11 is 0. The predicted molar refractivity (Wildman–Crippen MR) is 73.1 cm³/mol. The Morgan fingerprint density at radius 2 is 2.22 bits per heavy atom. The van der Waals surface area contributed by atoms with Crippen LogP contribution in [0.1, 0.15) is 47.2 Å². The van der Waals surface area contributed by atoms with Crippen molar-refractivity contribution in [3.8, 4) is 0 Å². The van der Waals surface area contributed by atoms with Crippen molar-refractivity contribution in [1.29, 1.82) is 0 Å². The molecule has 2 heteroatoms. The zero-order chi connectivity index (χ0) is 12.7. The van der Waals surface area contributed by atoms with E-state index in [1.54, 1.807) is 0 Å².